The van der Waals surface area contributed by atoms with Crippen LogP contribution in [0.5, 0.6) is 0 Å². The van der Waals surface area contributed by atoms with E-state index in [1.165, 1.54) is 11.8 Å². The van der Waals surface area contributed by atoms with Crippen LogP contribution >= 0.6 is 23.2 Å². The first kappa shape index (κ1) is 10.4. The van der Waals surface area contributed by atoms with Crippen molar-refractivity contribution < 1.29 is 4.79 Å². The first-order valence-electron chi connectivity index (χ1n) is 3.75. The van der Waals surface area contributed by atoms with Gasteiger partial charge in [-0.05, 0) is 12.1 Å². The fraction of sp³-hybridized carbons (Fsp3) is 0.222. The van der Waals surface area contributed by atoms with Crippen LogP contribution in [0.3, 0.4) is 0 Å². The van der Waals surface area contributed by atoms with Crippen molar-refractivity contribution in [3.63, 3.8) is 0 Å². The van der Waals surface area contributed by atoms with E-state index in [4.69, 9.17) is 23.2 Å². The monoisotopic (exact) mass is 217 g/mol. The average molecular weight is 218 g/mol. The van der Waals surface area contributed by atoms with Gasteiger partial charge in [-0.3, -0.25) is 9.69 Å². The van der Waals surface area contributed by atoms with Crippen molar-refractivity contribution >= 4 is 34.8 Å². The van der Waals surface area contributed by atoms with E-state index in [1.54, 1.807) is 18.2 Å². The molecule has 0 aliphatic rings. The minimum Gasteiger partial charge on any atom is -0.297 e. The molecule has 0 unspecified atom stereocenters. The van der Waals surface area contributed by atoms with Crippen LogP contribution in [0.25, 0.3) is 0 Å². The van der Waals surface area contributed by atoms with Gasteiger partial charge in [0.1, 0.15) is 6.00 Å². The molecule has 0 aromatic heterocycles. The molecule has 0 fully saturated rings. The van der Waals surface area contributed by atoms with E-state index in [0.29, 0.717) is 10.7 Å². The maximum Gasteiger partial charge on any atom is 0.224 e. The molecule has 0 saturated carbocycles. The standard InChI is InChI=1S/C9H9Cl2NO/c1-7(13)12(6-10)9-5-3-2-4-8(9)11/h2-5H,6H2,1H3. The number of rotatable bonds is 2. The molecule has 0 heterocycles. The van der Waals surface area contributed by atoms with E-state index in [2.05, 4.69) is 0 Å². The molecule has 0 saturated heterocycles. The highest BCUT2D eigenvalue weighted by Gasteiger charge is 2.11. The second kappa shape index (κ2) is 4.49. The molecule has 1 aromatic carbocycles. The first-order chi connectivity index (χ1) is 6.16. The first-order valence-corrected chi connectivity index (χ1v) is 4.66. The molecule has 4 heteroatoms. The molecular weight excluding hydrogens is 209 g/mol. The van der Waals surface area contributed by atoms with Gasteiger partial charge in [-0.1, -0.05) is 23.7 Å². The Hall–Kier alpha value is -0.730. The van der Waals surface area contributed by atoms with E-state index in [0.717, 1.165) is 0 Å². The van der Waals surface area contributed by atoms with Crippen LogP contribution in [-0.2, 0) is 4.79 Å². The van der Waals surface area contributed by atoms with Crippen molar-refractivity contribution in [2.75, 3.05) is 10.9 Å². The van der Waals surface area contributed by atoms with Crippen LogP contribution in [-0.4, -0.2) is 11.9 Å². The third-order valence-electron chi connectivity index (χ3n) is 1.64. The van der Waals surface area contributed by atoms with Gasteiger partial charge in [-0.2, -0.15) is 0 Å². The Morgan fingerprint density at radius 1 is 1.46 bits per heavy atom. The summed E-state index contributed by atoms with van der Waals surface area (Å²) in [6.07, 6.45) is 0. The second-order valence-corrected chi connectivity index (χ2v) is 3.16. The van der Waals surface area contributed by atoms with Crippen molar-refractivity contribution in [3.8, 4) is 0 Å². The largest absolute Gasteiger partial charge is 0.297 e. The number of halogens is 2. The number of nitrogens with zero attached hydrogens (tertiary/aromatic N) is 1. The summed E-state index contributed by atoms with van der Waals surface area (Å²) >= 11 is 11.5. The summed E-state index contributed by atoms with van der Waals surface area (Å²) < 4.78 is 0. The molecule has 1 rings (SSSR count). The predicted molar refractivity (Wildman–Crippen MR) is 55.3 cm³/mol. The van der Waals surface area contributed by atoms with Gasteiger partial charge in [-0.25, -0.2) is 0 Å². The number of benzene rings is 1. The molecule has 70 valence electrons. The fourth-order valence-electron chi connectivity index (χ4n) is 0.989. The Labute approximate surface area is 87.1 Å². The van der Waals surface area contributed by atoms with Crippen molar-refractivity contribution in [1.29, 1.82) is 0 Å². The van der Waals surface area contributed by atoms with Crippen LogP contribution in [0.15, 0.2) is 24.3 Å². The van der Waals surface area contributed by atoms with Gasteiger partial charge >= 0.3 is 0 Å². The molecule has 0 radical (unpaired) electrons. The molecule has 0 atom stereocenters. The molecule has 0 aliphatic heterocycles. The maximum absolute atomic E-state index is 11.1. The molecule has 0 bridgehead atoms. The molecule has 13 heavy (non-hydrogen) atoms. The second-order valence-electron chi connectivity index (χ2n) is 2.52. The molecule has 0 N–H and O–H groups in total. The maximum atomic E-state index is 11.1. The smallest absolute Gasteiger partial charge is 0.224 e. The Kier molecular flexibility index (Phi) is 3.58. The predicted octanol–water partition coefficient (Wildman–Crippen LogP) is 2.89. The summed E-state index contributed by atoms with van der Waals surface area (Å²) in [5, 5.41) is 0.526. The van der Waals surface area contributed by atoms with Crippen molar-refractivity contribution in [3.05, 3.63) is 29.3 Å². The number of carbonyl (C=O) groups excluding carboxylic acids is 1. The molecule has 0 spiro atoms. The Morgan fingerprint density at radius 2 is 2.08 bits per heavy atom. The van der Waals surface area contributed by atoms with E-state index < -0.39 is 0 Å². The van der Waals surface area contributed by atoms with Gasteiger partial charge in [0.25, 0.3) is 0 Å². The van der Waals surface area contributed by atoms with Gasteiger partial charge in [0.05, 0.1) is 10.7 Å². The summed E-state index contributed by atoms with van der Waals surface area (Å²) in [6, 6.07) is 7.20. The van der Waals surface area contributed by atoms with Crippen LogP contribution in [0.4, 0.5) is 5.69 Å². The lowest BCUT2D eigenvalue weighted by Gasteiger charge is -2.18. The number of anilines is 1. The van der Waals surface area contributed by atoms with Crippen molar-refractivity contribution in [1.82, 2.24) is 0 Å². The van der Waals surface area contributed by atoms with Crippen molar-refractivity contribution in [2.45, 2.75) is 6.92 Å². The summed E-state index contributed by atoms with van der Waals surface area (Å²) in [7, 11) is 0. The van der Waals surface area contributed by atoms with E-state index >= 15 is 0 Å². The highest BCUT2D eigenvalue weighted by atomic mass is 35.5. The summed E-state index contributed by atoms with van der Waals surface area (Å²) in [4.78, 5) is 12.5. The van der Waals surface area contributed by atoms with Crippen LogP contribution < -0.4 is 4.90 Å². The van der Waals surface area contributed by atoms with E-state index in [1.807, 2.05) is 6.07 Å². The number of alkyl halides is 1. The number of carbonyl (C=O) groups is 1. The minimum atomic E-state index is -0.122. The third kappa shape index (κ3) is 2.36. The normalized spacial score (nSPS) is 9.77. The number of para-hydroxylation sites is 1. The number of hydrogen-bond donors (Lipinski definition) is 0. The molecule has 2 nitrogen and oxygen atoms in total. The lowest BCUT2D eigenvalue weighted by molar-refractivity contribution is -0.116. The average Bonchev–Trinajstić information content (AvgIpc) is 2.09. The zero-order chi connectivity index (χ0) is 9.84. The Bertz CT molecular complexity index is 314. The van der Waals surface area contributed by atoms with Gasteiger partial charge in [0, 0.05) is 6.92 Å². The zero-order valence-electron chi connectivity index (χ0n) is 7.13. The summed E-state index contributed by atoms with van der Waals surface area (Å²) in [5.74, 6) is -0.122. The Morgan fingerprint density at radius 3 is 2.54 bits per heavy atom. The minimum absolute atomic E-state index is 0.110. The SMILES string of the molecule is CC(=O)N(CCl)c1ccccc1Cl. The summed E-state index contributed by atoms with van der Waals surface area (Å²) in [5.41, 5.74) is 0.645. The highest BCUT2D eigenvalue weighted by molar-refractivity contribution is 6.34. The van der Waals surface area contributed by atoms with E-state index in [9.17, 15) is 4.79 Å². The van der Waals surface area contributed by atoms with Gasteiger partial charge in [0.15, 0.2) is 0 Å². The van der Waals surface area contributed by atoms with Crippen LogP contribution in [0.2, 0.25) is 5.02 Å². The number of amides is 1. The number of hydrogen-bond acceptors (Lipinski definition) is 1. The molecule has 0 aliphatic carbocycles. The quantitative estimate of drug-likeness (QED) is 0.552. The van der Waals surface area contributed by atoms with Crippen molar-refractivity contribution in [2.24, 2.45) is 0 Å². The van der Waals surface area contributed by atoms with Crippen LogP contribution in [0, 0.1) is 0 Å². The fourth-order valence-corrected chi connectivity index (χ4v) is 1.52. The zero-order valence-corrected chi connectivity index (χ0v) is 8.64. The van der Waals surface area contributed by atoms with E-state index in [-0.39, 0.29) is 11.9 Å². The van der Waals surface area contributed by atoms with Gasteiger partial charge in [0.2, 0.25) is 5.91 Å². The third-order valence-corrected chi connectivity index (χ3v) is 2.20. The highest BCUT2D eigenvalue weighted by Crippen LogP contribution is 2.25. The Balaban J connectivity index is 3.04. The van der Waals surface area contributed by atoms with Gasteiger partial charge < -0.3 is 0 Å². The molecule has 1 amide bonds. The van der Waals surface area contributed by atoms with Crippen LogP contribution in [0.1, 0.15) is 6.92 Å². The lowest BCUT2D eigenvalue weighted by Crippen LogP contribution is -2.26. The summed E-state index contributed by atoms with van der Waals surface area (Å²) in [6.45, 7) is 1.45. The topological polar surface area (TPSA) is 20.3 Å². The molecular formula is C9H9Cl2NO. The molecule has 1 aromatic rings. The van der Waals surface area contributed by atoms with Gasteiger partial charge in [-0.15, -0.1) is 11.6 Å². The lowest BCUT2D eigenvalue weighted by atomic mass is 10.3.